The molecule has 1 aliphatic heterocycles. The Morgan fingerprint density at radius 2 is 1.34 bits per heavy atom. The van der Waals surface area contributed by atoms with E-state index in [1.54, 1.807) is 0 Å². The third-order valence-corrected chi connectivity index (χ3v) is 10.3. The maximum Gasteiger partial charge on any atom is 0.457 e. The second-order valence-electron chi connectivity index (χ2n) is 14.3. The number of nitrogens with one attached hydrogen (secondary N) is 2. The normalized spacial score (nSPS) is 15.7. The van der Waals surface area contributed by atoms with E-state index in [0.717, 1.165) is 41.7 Å². The number of halogens is 3. The zero-order chi connectivity index (χ0) is 37.6. The van der Waals surface area contributed by atoms with Crippen LogP contribution in [0.3, 0.4) is 0 Å². The number of carbonyl (C=O) groups excluding carboxylic acids is 1. The van der Waals surface area contributed by atoms with E-state index in [0.29, 0.717) is 18.6 Å². The highest BCUT2D eigenvalue weighted by atomic mass is 19.2. The average molecular weight is 725 g/mol. The number of carbonyl (C=O) groups is 1. The summed E-state index contributed by atoms with van der Waals surface area (Å²) < 4.78 is 55.6. The fourth-order valence-corrected chi connectivity index (χ4v) is 6.75. The lowest BCUT2D eigenvalue weighted by Gasteiger charge is -2.40. The quantitative estimate of drug-likeness (QED) is 0.0506. The molecule has 0 bridgehead atoms. The number of nitrogens with zero attached hydrogens (tertiary/aromatic N) is 4. The van der Waals surface area contributed by atoms with Crippen LogP contribution in [-0.2, 0) is 32.7 Å². The second kappa shape index (κ2) is 16.0. The number of rotatable bonds is 15. The first-order valence-electron chi connectivity index (χ1n) is 17.9. The first-order valence-corrected chi connectivity index (χ1v) is 17.9. The molecule has 1 fully saturated rings. The Labute approximate surface area is 308 Å². The third-order valence-electron chi connectivity index (χ3n) is 10.3. The van der Waals surface area contributed by atoms with Gasteiger partial charge in [0.05, 0.1) is 22.8 Å². The van der Waals surface area contributed by atoms with Gasteiger partial charge in [0, 0.05) is 12.1 Å². The zero-order valence-electron chi connectivity index (χ0n) is 30.4. The maximum absolute atomic E-state index is 14.3. The number of tetrazole rings is 1. The third kappa shape index (κ3) is 8.22. The fourth-order valence-electron chi connectivity index (χ4n) is 6.75. The van der Waals surface area contributed by atoms with Gasteiger partial charge in [0.15, 0.2) is 23.3 Å². The van der Waals surface area contributed by atoms with E-state index in [9.17, 15) is 18.0 Å². The Balaban J connectivity index is 1.31. The molecule has 0 spiro atoms. The number of unbranched alkanes of at least 4 members (excludes halogenated alkanes) is 1. The SMILES string of the molecule is CC1(C)OB(CCCCC(NC(c2ccccc2)(c2ccccc2)c2ccccc2)c2nnnn2CC(=O)NCc2ccc(F)c(F)c2F)OC1(C)C. The molecule has 1 aromatic heterocycles. The van der Waals surface area contributed by atoms with Gasteiger partial charge in [0.25, 0.3) is 0 Å². The van der Waals surface area contributed by atoms with E-state index in [1.165, 1.54) is 4.68 Å². The minimum atomic E-state index is -1.59. The molecule has 0 radical (unpaired) electrons. The van der Waals surface area contributed by atoms with Crippen LogP contribution in [0, 0.1) is 17.5 Å². The number of aromatic nitrogens is 4. The van der Waals surface area contributed by atoms with Crippen LogP contribution in [0.4, 0.5) is 13.2 Å². The van der Waals surface area contributed by atoms with E-state index in [4.69, 9.17) is 9.31 Å². The Morgan fingerprint density at radius 3 is 1.89 bits per heavy atom. The Bertz CT molecular complexity index is 1870. The average Bonchev–Trinajstić information content (AvgIpc) is 3.70. The summed E-state index contributed by atoms with van der Waals surface area (Å²) in [6, 6.07) is 31.8. The standard InChI is InChI=1S/C40H44BF3N6O3/c1-38(2)39(3,4)53-41(52-38)25-15-14-22-33(37-47-48-49-50(37)27-34(51)45-26-28-23-24-32(42)36(44)35(28)43)46-40(29-16-8-5-9-17-29,30-18-10-6-11-19-30)31-20-12-7-13-21-31/h5-13,16-21,23-24,33,46H,14-15,22,25-27H2,1-4H3,(H,45,51). The van der Waals surface area contributed by atoms with Gasteiger partial charge in [-0.05, 0) is 73.6 Å². The largest absolute Gasteiger partial charge is 0.457 e. The molecule has 5 aromatic rings. The van der Waals surface area contributed by atoms with Crippen molar-refractivity contribution < 1.29 is 27.3 Å². The maximum atomic E-state index is 14.3. The van der Waals surface area contributed by atoms with Crippen molar-refractivity contribution in [1.82, 2.24) is 30.8 Å². The first-order chi connectivity index (χ1) is 25.4. The van der Waals surface area contributed by atoms with E-state index < -0.39 is 46.1 Å². The molecule has 2 N–H and O–H groups in total. The van der Waals surface area contributed by atoms with Crippen LogP contribution in [0.1, 0.15) is 81.1 Å². The van der Waals surface area contributed by atoms with Gasteiger partial charge in [-0.1, -0.05) is 110 Å². The molecule has 9 nitrogen and oxygen atoms in total. The van der Waals surface area contributed by atoms with E-state index >= 15 is 0 Å². The molecule has 1 unspecified atom stereocenters. The van der Waals surface area contributed by atoms with Crippen LogP contribution in [0.25, 0.3) is 0 Å². The van der Waals surface area contributed by atoms with Gasteiger partial charge in [-0.25, -0.2) is 17.9 Å². The summed E-state index contributed by atoms with van der Waals surface area (Å²) in [5, 5.41) is 19.2. The van der Waals surface area contributed by atoms with Crippen molar-refractivity contribution in [2.45, 2.75) is 89.1 Å². The smallest absolute Gasteiger partial charge is 0.403 e. The van der Waals surface area contributed by atoms with Gasteiger partial charge < -0.3 is 14.6 Å². The van der Waals surface area contributed by atoms with Gasteiger partial charge in [0.2, 0.25) is 5.91 Å². The lowest BCUT2D eigenvalue weighted by Crippen LogP contribution is -2.47. The molecule has 13 heteroatoms. The summed E-state index contributed by atoms with van der Waals surface area (Å²) in [6.07, 6.45) is 2.79. The molecule has 1 atom stereocenters. The van der Waals surface area contributed by atoms with Gasteiger partial charge in [-0.2, -0.15) is 0 Å². The summed E-state index contributed by atoms with van der Waals surface area (Å²) in [6.45, 7) is 7.50. The highest BCUT2D eigenvalue weighted by Gasteiger charge is 2.50. The number of hydrogen-bond donors (Lipinski definition) is 2. The molecule has 0 saturated carbocycles. The summed E-state index contributed by atoms with van der Waals surface area (Å²) in [5.41, 5.74) is 1.06. The number of amides is 1. The molecule has 0 aliphatic carbocycles. The fraction of sp³-hybridized carbons (Fsp3) is 0.350. The molecule has 2 heterocycles. The predicted octanol–water partition coefficient (Wildman–Crippen LogP) is 7.29. The molecule has 6 rings (SSSR count). The van der Waals surface area contributed by atoms with E-state index in [-0.39, 0.29) is 25.8 Å². The van der Waals surface area contributed by atoms with Crippen molar-refractivity contribution in [3.05, 3.63) is 149 Å². The molecule has 1 aliphatic rings. The van der Waals surface area contributed by atoms with Crippen molar-refractivity contribution in [1.29, 1.82) is 0 Å². The molecule has 53 heavy (non-hydrogen) atoms. The highest BCUT2D eigenvalue weighted by Crippen LogP contribution is 2.41. The summed E-state index contributed by atoms with van der Waals surface area (Å²) in [7, 11) is -0.336. The van der Waals surface area contributed by atoms with Crippen molar-refractivity contribution in [3.8, 4) is 0 Å². The molecule has 276 valence electrons. The monoisotopic (exact) mass is 724 g/mol. The summed E-state index contributed by atoms with van der Waals surface area (Å²) in [4.78, 5) is 13.2. The van der Waals surface area contributed by atoms with Crippen LogP contribution < -0.4 is 10.6 Å². The van der Waals surface area contributed by atoms with Crippen LogP contribution >= 0.6 is 0 Å². The van der Waals surface area contributed by atoms with Gasteiger partial charge in [-0.15, -0.1) is 5.10 Å². The molecule has 1 saturated heterocycles. The molecular weight excluding hydrogens is 680 g/mol. The van der Waals surface area contributed by atoms with Crippen molar-refractivity contribution in [2.75, 3.05) is 0 Å². The van der Waals surface area contributed by atoms with Crippen LogP contribution in [0.5, 0.6) is 0 Å². The summed E-state index contributed by atoms with van der Waals surface area (Å²) in [5.74, 6) is -4.37. The van der Waals surface area contributed by atoms with Gasteiger partial charge in [-0.3, -0.25) is 10.1 Å². The summed E-state index contributed by atoms with van der Waals surface area (Å²) >= 11 is 0. The van der Waals surface area contributed by atoms with E-state index in [2.05, 4.69) is 62.6 Å². The minimum Gasteiger partial charge on any atom is -0.403 e. The van der Waals surface area contributed by atoms with E-state index in [1.807, 2.05) is 82.3 Å². The second-order valence-corrected chi connectivity index (χ2v) is 14.3. The Kier molecular flexibility index (Phi) is 11.5. The van der Waals surface area contributed by atoms with Crippen molar-refractivity contribution >= 4 is 13.0 Å². The Morgan fingerprint density at radius 1 is 0.792 bits per heavy atom. The topological polar surface area (TPSA) is 103 Å². The number of benzene rings is 4. The molecule has 4 aromatic carbocycles. The first kappa shape index (κ1) is 37.9. The zero-order valence-corrected chi connectivity index (χ0v) is 30.4. The van der Waals surface area contributed by atoms with Crippen LogP contribution in [-0.4, -0.2) is 44.4 Å². The molecule has 1 amide bonds. The molecular formula is C40H44BF3N6O3. The van der Waals surface area contributed by atoms with Crippen LogP contribution in [0.2, 0.25) is 6.32 Å². The number of hydrogen-bond acceptors (Lipinski definition) is 7. The highest BCUT2D eigenvalue weighted by molar-refractivity contribution is 6.45. The lowest BCUT2D eigenvalue weighted by molar-refractivity contribution is -0.122. The van der Waals surface area contributed by atoms with Gasteiger partial charge in [0.1, 0.15) is 6.54 Å². The van der Waals surface area contributed by atoms with Crippen molar-refractivity contribution in [2.24, 2.45) is 0 Å². The Hall–Kier alpha value is -4.85. The lowest BCUT2D eigenvalue weighted by atomic mass is 9.76. The minimum absolute atomic E-state index is 0.186. The van der Waals surface area contributed by atoms with Crippen LogP contribution in [0.15, 0.2) is 103 Å². The predicted molar refractivity (Wildman–Crippen MR) is 196 cm³/mol. The van der Waals surface area contributed by atoms with Crippen molar-refractivity contribution in [3.63, 3.8) is 0 Å². The van der Waals surface area contributed by atoms with Gasteiger partial charge >= 0.3 is 7.12 Å².